The van der Waals surface area contributed by atoms with Crippen LogP contribution in [0.5, 0.6) is 0 Å². The Balaban J connectivity index is 0.966. The van der Waals surface area contributed by atoms with Crippen LogP contribution in [0.25, 0.3) is 16.3 Å². The van der Waals surface area contributed by atoms with Gasteiger partial charge in [-0.3, -0.25) is 24.6 Å². The van der Waals surface area contributed by atoms with Crippen LogP contribution in [0.2, 0.25) is 0 Å². The zero-order valence-corrected chi connectivity index (χ0v) is 26.9. The fraction of sp³-hybridized carbons (Fsp3) is 0.353. The van der Waals surface area contributed by atoms with Crippen LogP contribution >= 0.6 is 11.3 Å². The summed E-state index contributed by atoms with van der Waals surface area (Å²) in [5.74, 6) is 0.850. The molecule has 2 aromatic carbocycles. The molecule has 2 saturated heterocycles. The van der Waals surface area contributed by atoms with Crippen molar-refractivity contribution in [2.75, 3.05) is 49.9 Å². The van der Waals surface area contributed by atoms with Crippen LogP contribution in [-0.2, 0) is 16.6 Å². The summed E-state index contributed by atoms with van der Waals surface area (Å²) >= 11 is 1.57. The lowest BCUT2D eigenvalue weighted by molar-refractivity contribution is -0.132. The molecule has 1 spiro atoms. The molecule has 7 rings (SSSR count). The van der Waals surface area contributed by atoms with Crippen LogP contribution < -0.4 is 10.6 Å². The van der Waals surface area contributed by atoms with E-state index >= 15 is 0 Å². The first-order chi connectivity index (χ1) is 22.2. The lowest BCUT2D eigenvalue weighted by Crippen LogP contribution is -2.43. The number of thiazole rings is 1. The molecule has 0 aliphatic carbocycles. The van der Waals surface area contributed by atoms with Crippen LogP contribution in [0.4, 0.5) is 11.4 Å². The molecule has 4 aromatic rings. The van der Waals surface area contributed by atoms with Crippen LogP contribution in [0.3, 0.4) is 0 Å². The van der Waals surface area contributed by atoms with Crippen molar-refractivity contribution in [3.05, 3.63) is 82.8 Å². The molecule has 11 nitrogen and oxygen atoms in total. The third-order valence-corrected chi connectivity index (χ3v) is 10.5. The number of benzene rings is 2. The lowest BCUT2D eigenvalue weighted by Gasteiger charge is -2.28. The summed E-state index contributed by atoms with van der Waals surface area (Å²) in [4.78, 5) is 42.9. The number of aromatic nitrogens is 4. The molecule has 0 bridgehead atoms. The molecular weight excluding hydrogens is 599 g/mol. The largest absolute Gasteiger partial charge is 0.398 e. The Hall–Kier alpha value is -4.68. The summed E-state index contributed by atoms with van der Waals surface area (Å²) in [5.41, 5.74) is 11.1. The molecule has 2 amide bonds. The van der Waals surface area contributed by atoms with Crippen molar-refractivity contribution in [2.45, 2.75) is 26.2 Å². The Kier molecular flexibility index (Phi) is 7.77. The van der Waals surface area contributed by atoms with Crippen molar-refractivity contribution in [2.24, 2.45) is 12.5 Å². The average molecular weight is 636 g/mol. The molecular formula is C34H37N9O2S. The Morgan fingerprint density at radius 1 is 1.09 bits per heavy atom. The summed E-state index contributed by atoms with van der Waals surface area (Å²) < 4.78 is 1.68. The molecule has 3 N–H and O–H groups in total. The Labute approximate surface area is 271 Å². The highest BCUT2D eigenvalue weighted by molar-refractivity contribution is 7.16. The van der Waals surface area contributed by atoms with Crippen molar-refractivity contribution < 1.29 is 9.59 Å². The van der Waals surface area contributed by atoms with E-state index in [2.05, 4.69) is 26.0 Å². The molecule has 236 valence electrons. The van der Waals surface area contributed by atoms with Crippen LogP contribution in [0.15, 0.2) is 61.1 Å². The van der Waals surface area contributed by atoms with E-state index in [0.29, 0.717) is 55.5 Å². The van der Waals surface area contributed by atoms with Gasteiger partial charge >= 0.3 is 0 Å². The lowest BCUT2D eigenvalue weighted by atomic mass is 9.85. The number of hydrogen-bond donors (Lipinski definition) is 2. The second-order valence-corrected chi connectivity index (χ2v) is 13.6. The van der Waals surface area contributed by atoms with Crippen LogP contribution in [0, 0.1) is 17.7 Å². The summed E-state index contributed by atoms with van der Waals surface area (Å²) in [6.45, 7) is 5.42. The summed E-state index contributed by atoms with van der Waals surface area (Å²) in [6.07, 6.45) is 7.81. The maximum atomic E-state index is 13.9. The fourth-order valence-corrected chi connectivity index (χ4v) is 7.62. The highest BCUT2D eigenvalue weighted by atomic mass is 32.1. The minimum absolute atomic E-state index is 0.0879. The van der Waals surface area contributed by atoms with Crippen molar-refractivity contribution in [1.29, 1.82) is 5.41 Å². The van der Waals surface area contributed by atoms with E-state index in [4.69, 9.17) is 11.1 Å². The number of rotatable bonds is 7. The minimum atomic E-state index is -0.494. The predicted octanol–water partition coefficient (Wildman–Crippen LogP) is 3.99. The van der Waals surface area contributed by atoms with Gasteiger partial charge in [-0.2, -0.15) is 5.10 Å². The van der Waals surface area contributed by atoms with Crippen molar-refractivity contribution in [3.63, 3.8) is 0 Å². The number of aryl methyl sites for hydroxylation is 2. The van der Waals surface area contributed by atoms with Gasteiger partial charge in [0.15, 0.2) is 5.82 Å². The molecule has 3 aliphatic rings. The van der Waals surface area contributed by atoms with Crippen LogP contribution in [0.1, 0.15) is 41.0 Å². The third-order valence-electron chi connectivity index (χ3n) is 9.42. The van der Waals surface area contributed by atoms with E-state index < -0.39 is 5.41 Å². The van der Waals surface area contributed by atoms with Gasteiger partial charge in [-0.15, -0.1) is 11.3 Å². The van der Waals surface area contributed by atoms with Gasteiger partial charge in [-0.1, -0.05) is 35.9 Å². The highest BCUT2D eigenvalue weighted by Crippen LogP contribution is 2.43. The molecule has 0 radical (unpaired) electrons. The van der Waals surface area contributed by atoms with E-state index in [9.17, 15) is 9.59 Å². The molecule has 5 heterocycles. The first-order valence-corrected chi connectivity index (χ1v) is 16.4. The fourth-order valence-electron chi connectivity index (χ4n) is 6.70. The molecule has 1 atom stereocenters. The molecule has 2 aromatic heterocycles. The molecule has 3 aliphatic heterocycles. The maximum Gasteiger partial charge on any atom is 0.237 e. The van der Waals surface area contributed by atoms with Crippen molar-refractivity contribution in [1.82, 2.24) is 29.5 Å². The smallest absolute Gasteiger partial charge is 0.237 e. The van der Waals surface area contributed by atoms with Gasteiger partial charge in [0.1, 0.15) is 11.3 Å². The Morgan fingerprint density at radius 2 is 1.89 bits per heavy atom. The number of anilines is 2. The van der Waals surface area contributed by atoms with E-state index in [1.807, 2.05) is 66.4 Å². The van der Waals surface area contributed by atoms with Gasteiger partial charge in [0.25, 0.3) is 0 Å². The molecule has 2 fully saturated rings. The average Bonchev–Trinajstić information content (AvgIpc) is 3.87. The van der Waals surface area contributed by atoms with Crippen molar-refractivity contribution in [3.8, 4) is 10.7 Å². The number of nitrogen functional groups attached to an aromatic ring is 1. The number of amides is 2. The summed E-state index contributed by atoms with van der Waals surface area (Å²) in [7, 11) is 1.84. The molecule has 0 unspecified atom stereocenters. The van der Waals surface area contributed by atoms with E-state index in [0.717, 1.165) is 58.1 Å². The second kappa shape index (κ2) is 11.9. The third kappa shape index (κ3) is 5.62. The van der Waals surface area contributed by atoms with Gasteiger partial charge in [0, 0.05) is 61.9 Å². The number of hydrogen-bond acceptors (Lipinski definition) is 9. The number of nitrogens with zero attached hydrogens (tertiary/aromatic N) is 7. The Bertz CT molecular complexity index is 1860. The zero-order chi connectivity index (χ0) is 32.0. The maximum absolute atomic E-state index is 13.9. The number of nitrogens with one attached hydrogen (secondary N) is 1. The molecule has 46 heavy (non-hydrogen) atoms. The molecule has 0 saturated carbocycles. The first-order valence-electron chi connectivity index (χ1n) is 15.6. The predicted molar refractivity (Wildman–Crippen MR) is 180 cm³/mol. The van der Waals surface area contributed by atoms with E-state index in [-0.39, 0.29) is 11.8 Å². The van der Waals surface area contributed by atoms with Crippen LogP contribution in [-0.4, -0.2) is 86.3 Å². The standard InChI is InChI=1S/C34H37N9O2S/c1-22-3-5-23(6-4-22)30(36)26-17-25(7-8-27(26)35)43-16-12-34(33(43)45)11-15-41(20-34)19-29(44)42-13-9-24(10-14-42)32-37-18-28(46-32)31-38-21-40(2)39-31/h3-9,17-18,21,36H,10-16,19-20,35H2,1-2H3/t34-/m0/s1. The van der Waals surface area contributed by atoms with Gasteiger partial charge in [-0.05, 0) is 56.5 Å². The number of nitrogens with two attached hydrogens (primary N) is 1. The minimum Gasteiger partial charge on any atom is -0.398 e. The number of carbonyl (C=O) groups is 2. The quantitative estimate of drug-likeness (QED) is 0.231. The number of carbonyl (C=O) groups excluding carboxylic acids is 2. The second-order valence-electron chi connectivity index (χ2n) is 12.6. The monoisotopic (exact) mass is 635 g/mol. The van der Waals surface area contributed by atoms with E-state index in [1.54, 1.807) is 28.4 Å². The number of likely N-dealkylation sites (tertiary alicyclic amines) is 1. The topological polar surface area (TPSA) is 137 Å². The Morgan fingerprint density at radius 3 is 2.63 bits per heavy atom. The summed E-state index contributed by atoms with van der Waals surface area (Å²) in [6, 6.07) is 13.3. The normalized spacial score (nSPS) is 20.1. The zero-order valence-electron chi connectivity index (χ0n) is 26.1. The van der Waals surface area contributed by atoms with Crippen molar-refractivity contribution >= 4 is 45.8 Å². The van der Waals surface area contributed by atoms with E-state index in [1.165, 1.54) is 0 Å². The van der Waals surface area contributed by atoms with Gasteiger partial charge in [0.2, 0.25) is 11.8 Å². The highest BCUT2D eigenvalue weighted by Gasteiger charge is 2.51. The van der Waals surface area contributed by atoms with Gasteiger partial charge < -0.3 is 15.5 Å². The summed E-state index contributed by atoms with van der Waals surface area (Å²) in [5, 5.41) is 14.1. The first kappa shape index (κ1) is 30.0. The molecule has 12 heteroatoms. The van der Waals surface area contributed by atoms with Gasteiger partial charge in [-0.25, -0.2) is 9.97 Å². The SMILES string of the molecule is Cc1ccc(C(=N)c2cc(N3CC[C@]4(CCN(CC(=O)N5CC=C(c6ncc(-c7ncn(C)n7)s6)CC5)C4)C3=O)ccc2N)cc1. The van der Waals surface area contributed by atoms with Gasteiger partial charge in [0.05, 0.1) is 22.5 Å².